The maximum absolute atomic E-state index is 6.00. The zero-order valence-electron chi connectivity index (χ0n) is 11.2. The molecule has 0 bridgehead atoms. The van der Waals surface area contributed by atoms with Gasteiger partial charge in [-0.2, -0.15) is 0 Å². The quantitative estimate of drug-likeness (QED) is 0.778. The fraction of sp³-hybridized carbons (Fsp3) is 0.250. The van der Waals surface area contributed by atoms with Crippen molar-refractivity contribution in [2.45, 2.75) is 26.7 Å². The van der Waals surface area contributed by atoms with Gasteiger partial charge in [-0.05, 0) is 42.2 Å². The highest BCUT2D eigenvalue weighted by Crippen LogP contribution is 2.28. The number of hydrogen-bond donors (Lipinski definition) is 2. The van der Waals surface area contributed by atoms with Crippen molar-refractivity contribution < 1.29 is 0 Å². The summed E-state index contributed by atoms with van der Waals surface area (Å²) in [5.74, 6) is 0.529. The van der Waals surface area contributed by atoms with Gasteiger partial charge in [0.1, 0.15) is 0 Å². The highest BCUT2D eigenvalue weighted by Gasteiger charge is 2.04. The third-order valence-electron chi connectivity index (χ3n) is 3.13. The molecule has 0 unspecified atom stereocenters. The van der Waals surface area contributed by atoms with Crippen molar-refractivity contribution in [3.63, 3.8) is 0 Å². The predicted octanol–water partition coefficient (Wildman–Crippen LogP) is 4.44. The summed E-state index contributed by atoms with van der Waals surface area (Å²) >= 11 is 0. The lowest BCUT2D eigenvalue weighted by Crippen LogP contribution is -1.99. The molecule has 0 amide bonds. The number of nitrogen functional groups attached to an aromatic ring is 1. The Balaban J connectivity index is 2.31. The summed E-state index contributed by atoms with van der Waals surface area (Å²) in [6.07, 6.45) is 0. The van der Waals surface area contributed by atoms with Crippen LogP contribution in [0.15, 0.2) is 42.5 Å². The second-order valence-electron chi connectivity index (χ2n) is 4.94. The zero-order valence-corrected chi connectivity index (χ0v) is 11.2. The largest absolute Gasteiger partial charge is 0.397 e. The molecule has 18 heavy (non-hydrogen) atoms. The molecule has 0 aliphatic rings. The molecule has 0 saturated heterocycles. The molecular formula is C16H20N2. The average Bonchev–Trinajstić information content (AvgIpc) is 2.34. The fourth-order valence-electron chi connectivity index (χ4n) is 1.98. The van der Waals surface area contributed by atoms with Crippen molar-refractivity contribution in [2.75, 3.05) is 11.1 Å². The van der Waals surface area contributed by atoms with Gasteiger partial charge in [-0.1, -0.05) is 38.1 Å². The molecule has 94 valence electrons. The van der Waals surface area contributed by atoms with Crippen LogP contribution in [-0.4, -0.2) is 0 Å². The Morgan fingerprint density at radius 2 is 1.78 bits per heavy atom. The third kappa shape index (κ3) is 2.65. The lowest BCUT2D eigenvalue weighted by molar-refractivity contribution is 0.867. The predicted molar refractivity (Wildman–Crippen MR) is 79.4 cm³/mol. The van der Waals surface area contributed by atoms with Crippen LogP contribution in [-0.2, 0) is 0 Å². The Morgan fingerprint density at radius 1 is 1.06 bits per heavy atom. The van der Waals surface area contributed by atoms with Crippen LogP contribution in [0.5, 0.6) is 0 Å². The van der Waals surface area contributed by atoms with Gasteiger partial charge in [-0.3, -0.25) is 0 Å². The van der Waals surface area contributed by atoms with E-state index in [9.17, 15) is 0 Å². The Kier molecular flexibility index (Phi) is 3.56. The van der Waals surface area contributed by atoms with Crippen molar-refractivity contribution in [3.05, 3.63) is 53.6 Å². The van der Waals surface area contributed by atoms with Crippen LogP contribution in [0.3, 0.4) is 0 Å². The number of anilines is 3. The number of nitrogens with one attached hydrogen (secondary N) is 1. The molecule has 2 heteroatoms. The van der Waals surface area contributed by atoms with Crippen LogP contribution in [0.2, 0.25) is 0 Å². The molecule has 0 fully saturated rings. The van der Waals surface area contributed by atoms with Gasteiger partial charge < -0.3 is 11.1 Å². The van der Waals surface area contributed by atoms with Gasteiger partial charge >= 0.3 is 0 Å². The minimum Gasteiger partial charge on any atom is -0.397 e. The summed E-state index contributed by atoms with van der Waals surface area (Å²) in [5.41, 5.74) is 11.4. The van der Waals surface area contributed by atoms with Crippen molar-refractivity contribution in [1.29, 1.82) is 0 Å². The number of aryl methyl sites for hydroxylation is 1. The zero-order chi connectivity index (χ0) is 13.1. The van der Waals surface area contributed by atoms with Crippen LogP contribution < -0.4 is 11.1 Å². The van der Waals surface area contributed by atoms with Crippen molar-refractivity contribution in [1.82, 2.24) is 0 Å². The lowest BCUT2D eigenvalue weighted by Gasteiger charge is -2.14. The van der Waals surface area contributed by atoms with E-state index in [1.54, 1.807) is 0 Å². The molecule has 0 atom stereocenters. The number of para-hydroxylation sites is 1. The molecular weight excluding hydrogens is 220 g/mol. The molecule has 0 heterocycles. The van der Waals surface area contributed by atoms with E-state index in [1.165, 1.54) is 5.56 Å². The van der Waals surface area contributed by atoms with Crippen LogP contribution in [0, 0.1) is 6.92 Å². The molecule has 0 aliphatic carbocycles. The first kappa shape index (κ1) is 12.5. The molecule has 2 rings (SSSR count). The second kappa shape index (κ2) is 5.13. The van der Waals surface area contributed by atoms with E-state index in [4.69, 9.17) is 5.73 Å². The van der Waals surface area contributed by atoms with Gasteiger partial charge in [-0.25, -0.2) is 0 Å². The number of nitrogens with two attached hydrogens (primary N) is 1. The highest BCUT2D eigenvalue weighted by molar-refractivity contribution is 5.75. The van der Waals surface area contributed by atoms with Gasteiger partial charge in [0.2, 0.25) is 0 Å². The van der Waals surface area contributed by atoms with Gasteiger partial charge in [0, 0.05) is 5.69 Å². The summed E-state index contributed by atoms with van der Waals surface area (Å²) in [7, 11) is 0. The van der Waals surface area contributed by atoms with Gasteiger partial charge in [0.15, 0.2) is 0 Å². The number of hydrogen-bond acceptors (Lipinski definition) is 2. The molecule has 0 saturated carbocycles. The molecule has 0 spiro atoms. The molecule has 3 N–H and O–H groups in total. The summed E-state index contributed by atoms with van der Waals surface area (Å²) in [5, 5.41) is 3.41. The Bertz CT molecular complexity index is 524. The first-order valence-corrected chi connectivity index (χ1v) is 6.30. The Morgan fingerprint density at radius 3 is 2.44 bits per heavy atom. The van der Waals surface area contributed by atoms with E-state index in [-0.39, 0.29) is 0 Å². The van der Waals surface area contributed by atoms with Gasteiger partial charge in [0.05, 0.1) is 11.4 Å². The summed E-state index contributed by atoms with van der Waals surface area (Å²) in [4.78, 5) is 0. The minimum absolute atomic E-state index is 0.529. The van der Waals surface area contributed by atoms with Crippen LogP contribution in [0.1, 0.15) is 30.9 Å². The fourth-order valence-corrected chi connectivity index (χ4v) is 1.98. The van der Waals surface area contributed by atoms with E-state index in [0.29, 0.717) is 5.92 Å². The first-order chi connectivity index (χ1) is 8.58. The molecule has 2 aromatic rings. The summed E-state index contributed by atoms with van der Waals surface area (Å²) in [6.45, 7) is 6.45. The Labute approximate surface area is 109 Å². The topological polar surface area (TPSA) is 38.0 Å². The molecule has 2 aromatic carbocycles. The molecule has 0 radical (unpaired) electrons. The molecule has 0 aliphatic heterocycles. The van der Waals surface area contributed by atoms with Crippen LogP contribution >= 0.6 is 0 Å². The number of rotatable bonds is 3. The third-order valence-corrected chi connectivity index (χ3v) is 3.13. The van der Waals surface area contributed by atoms with E-state index >= 15 is 0 Å². The van der Waals surface area contributed by atoms with E-state index in [0.717, 1.165) is 22.6 Å². The average molecular weight is 240 g/mol. The highest BCUT2D eigenvalue weighted by atomic mass is 14.9. The van der Waals surface area contributed by atoms with Crippen molar-refractivity contribution in [2.24, 2.45) is 0 Å². The van der Waals surface area contributed by atoms with Gasteiger partial charge in [-0.15, -0.1) is 0 Å². The monoisotopic (exact) mass is 240 g/mol. The summed E-state index contributed by atoms with van der Waals surface area (Å²) in [6, 6.07) is 14.4. The normalized spacial score (nSPS) is 10.7. The maximum atomic E-state index is 6.00. The maximum Gasteiger partial charge on any atom is 0.0647 e. The molecule has 2 nitrogen and oxygen atoms in total. The van der Waals surface area contributed by atoms with E-state index in [1.807, 2.05) is 12.1 Å². The van der Waals surface area contributed by atoms with Crippen LogP contribution in [0.4, 0.5) is 17.1 Å². The Hall–Kier alpha value is -1.96. The van der Waals surface area contributed by atoms with Crippen LogP contribution in [0.25, 0.3) is 0 Å². The standard InChI is InChI=1S/C16H20N2/c1-11(2)13-7-5-8-14(10-13)18-16-12(3)6-4-9-15(16)17/h4-11,18H,17H2,1-3H3. The number of benzene rings is 2. The smallest absolute Gasteiger partial charge is 0.0647 e. The van der Waals surface area contributed by atoms with E-state index in [2.05, 4.69) is 56.4 Å². The van der Waals surface area contributed by atoms with Crippen molar-refractivity contribution in [3.8, 4) is 0 Å². The van der Waals surface area contributed by atoms with Crippen molar-refractivity contribution >= 4 is 17.1 Å². The van der Waals surface area contributed by atoms with Gasteiger partial charge in [0.25, 0.3) is 0 Å². The lowest BCUT2D eigenvalue weighted by atomic mass is 10.0. The molecule has 0 aromatic heterocycles. The summed E-state index contributed by atoms with van der Waals surface area (Å²) < 4.78 is 0. The minimum atomic E-state index is 0.529. The SMILES string of the molecule is Cc1cccc(N)c1Nc1cccc(C(C)C)c1. The second-order valence-corrected chi connectivity index (χ2v) is 4.94. The first-order valence-electron chi connectivity index (χ1n) is 6.30. The van der Waals surface area contributed by atoms with E-state index < -0.39 is 0 Å².